The number of hydrogen-bond acceptors (Lipinski definition) is 6. The Balaban J connectivity index is 1.39. The number of anilines is 2. The first-order valence-electron chi connectivity index (χ1n) is 9.80. The number of nitrogens with one attached hydrogen (secondary N) is 2. The van der Waals surface area contributed by atoms with Gasteiger partial charge in [-0.15, -0.1) is 11.3 Å². The average molecular weight is 542 g/mol. The molecule has 0 radical (unpaired) electrons. The minimum absolute atomic E-state index is 0.110. The second-order valence-electron chi connectivity index (χ2n) is 7.13. The maximum absolute atomic E-state index is 12.4. The molecule has 9 heteroatoms. The summed E-state index contributed by atoms with van der Waals surface area (Å²) in [5.74, 6) is -0.486. The van der Waals surface area contributed by atoms with Crippen LogP contribution in [0.1, 0.15) is 21.5 Å². The molecule has 1 aromatic heterocycles. The summed E-state index contributed by atoms with van der Waals surface area (Å²) in [6.45, 7) is 2.05. The van der Waals surface area contributed by atoms with Gasteiger partial charge >= 0.3 is 0 Å². The molecule has 0 aliphatic carbocycles. The van der Waals surface area contributed by atoms with Crippen molar-refractivity contribution in [1.82, 2.24) is 10.4 Å². The van der Waals surface area contributed by atoms with Crippen molar-refractivity contribution in [2.24, 2.45) is 5.10 Å². The second kappa shape index (κ2) is 10.2. The van der Waals surface area contributed by atoms with Crippen molar-refractivity contribution in [2.75, 3.05) is 5.32 Å². The number of aromatic nitrogens is 1. The fraction of sp³-hybridized carbons (Fsp3) is 0.0417. The molecule has 0 saturated heterocycles. The Hall–Kier alpha value is -3.20. The van der Waals surface area contributed by atoms with Gasteiger partial charge in [-0.25, -0.2) is 10.4 Å². The molecular weight excluding hydrogens is 524 g/mol. The lowest BCUT2D eigenvalue weighted by Gasteiger charge is -2.04. The van der Waals surface area contributed by atoms with Crippen molar-refractivity contribution in [1.29, 1.82) is 0 Å². The van der Waals surface area contributed by atoms with Crippen LogP contribution in [0.3, 0.4) is 0 Å². The third-order valence-corrected chi connectivity index (χ3v) is 6.18. The Morgan fingerprint density at radius 2 is 1.88 bits per heavy atom. The summed E-state index contributed by atoms with van der Waals surface area (Å²) in [5.41, 5.74) is 7.17. The molecule has 0 atom stereocenters. The predicted molar refractivity (Wildman–Crippen MR) is 138 cm³/mol. The van der Waals surface area contributed by atoms with Crippen molar-refractivity contribution in [3.8, 4) is 17.0 Å². The summed E-state index contributed by atoms with van der Waals surface area (Å²) >= 11 is 10.7. The predicted octanol–water partition coefficient (Wildman–Crippen LogP) is 6.75. The standard InChI is InChI=1S/C24H18BrClN4O2S/c1-14-2-8-19(9-3-14)28-24-29-21(13-33-24)15-4-6-16(7-5-15)23(32)30-27-12-17-10-18(25)11-20(26)22(17)31/h2-13,31H,1H3,(H,28,29)(H,30,32)/b27-12-. The number of nitrogens with zero attached hydrogens (tertiary/aromatic N) is 2. The van der Waals surface area contributed by atoms with E-state index in [0.29, 0.717) is 15.6 Å². The van der Waals surface area contributed by atoms with Gasteiger partial charge in [0.2, 0.25) is 0 Å². The number of aromatic hydroxyl groups is 1. The molecule has 0 fully saturated rings. The number of aryl methyl sites for hydroxylation is 1. The molecule has 1 amide bonds. The second-order valence-corrected chi connectivity index (χ2v) is 9.31. The van der Waals surface area contributed by atoms with E-state index in [2.05, 4.69) is 36.8 Å². The van der Waals surface area contributed by atoms with Crippen LogP contribution < -0.4 is 10.7 Å². The molecule has 0 unspecified atom stereocenters. The number of thiazole rings is 1. The van der Waals surface area contributed by atoms with E-state index in [0.717, 1.165) is 22.1 Å². The Morgan fingerprint density at radius 3 is 2.61 bits per heavy atom. The van der Waals surface area contributed by atoms with Gasteiger partial charge in [-0.3, -0.25) is 4.79 Å². The minimum Gasteiger partial charge on any atom is -0.506 e. The molecule has 0 saturated carbocycles. The maximum atomic E-state index is 12.4. The molecule has 3 aromatic carbocycles. The first-order chi connectivity index (χ1) is 15.9. The number of rotatable bonds is 6. The van der Waals surface area contributed by atoms with Crippen LogP contribution in [0.15, 0.2) is 75.6 Å². The monoisotopic (exact) mass is 540 g/mol. The highest BCUT2D eigenvalue weighted by atomic mass is 79.9. The van der Waals surface area contributed by atoms with Crippen LogP contribution in [0.5, 0.6) is 5.75 Å². The Kier molecular flexibility index (Phi) is 7.08. The zero-order valence-corrected chi connectivity index (χ0v) is 20.5. The van der Waals surface area contributed by atoms with Gasteiger partial charge in [-0.05, 0) is 43.3 Å². The molecule has 4 rings (SSSR count). The van der Waals surface area contributed by atoms with Crippen LogP contribution >= 0.6 is 38.9 Å². The molecule has 33 heavy (non-hydrogen) atoms. The van der Waals surface area contributed by atoms with Crippen molar-refractivity contribution < 1.29 is 9.90 Å². The van der Waals surface area contributed by atoms with Crippen LogP contribution in [0.4, 0.5) is 10.8 Å². The van der Waals surface area contributed by atoms with E-state index in [4.69, 9.17) is 11.6 Å². The van der Waals surface area contributed by atoms with E-state index in [-0.39, 0.29) is 16.7 Å². The van der Waals surface area contributed by atoms with Crippen LogP contribution in [0, 0.1) is 6.92 Å². The quantitative estimate of drug-likeness (QED) is 0.186. The van der Waals surface area contributed by atoms with Gasteiger partial charge in [-0.1, -0.05) is 57.4 Å². The Bertz CT molecular complexity index is 1320. The fourth-order valence-electron chi connectivity index (χ4n) is 2.93. The number of halogens is 2. The van der Waals surface area contributed by atoms with Gasteiger partial charge < -0.3 is 10.4 Å². The third-order valence-electron chi connectivity index (χ3n) is 4.68. The lowest BCUT2D eigenvalue weighted by Crippen LogP contribution is -2.17. The summed E-state index contributed by atoms with van der Waals surface area (Å²) in [7, 11) is 0. The molecule has 0 aliphatic rings. The molecule has 6 nitrogen and oxygen atoms in total. The highest BCUT2D eigenvalue weighted by Crippen LogP contribution is 2.30. The van der Waals surface area contributed by atoms with E-state index >= 15 is 0 Å². The fourth-order valence-corrected chi connectivity index (χ4v) is 4.50. The number of hydrogen-bond donors (Lipinski definition) is 3. The smallest absolute Gasteiger partial charge is 0.271 e. The summed E-state index contributed by atoms with van der Waals surface area (Å²) in [6.07, 6.45) is 1.33. The number of hydrazone groups is 1. The lowest BCUT2D eigenvalue weighted by molar-refractivity contribution is 0.0955. The van der Waals surface area contributed by atoms with Gasteiger partial charge in [0.05, 0.1) is 16.9 Å². The summed E-state index contributed by atoms with van der Waals surface area (Å²) < 4.78 is 0.688. The van der Waals surface area contributed by atoms with Crippen molar-refractivity contribution in [3.05, 3.63) is 92.2 Å². The van der Waals surface area contributed by atoms with E-state index in [1.807, 2.05) is 48.7 Å². The summed E-state index contributed by atoms with van der Waals surface area (Å²) in [4.78, 5) is 17.0. The third kappa shape index (κ3) is 5.78. The SMILES string of the molecule is Cc1ccc(Nc2nc(-c3ccc(C(=O)N/N=C\c4cc(Br)cc(Cl)c4O)cc3)cs2)cc1. The average Bonchev–Trinajstić information content (AvgIpc) is 3.27. The van der Waals surface area contributed by atoms with Gasteiger partial charge in [0.1, 0.15) is 5.75 Å². The van der Waals surface area contributed by atoms with Crippen LogP contribution in [-0.4, -0.2) is 22.2 Å². The topological polar surface area (TPSA) is 86.6 Å². The molecule has 3 N–H and O–H groups in total. The number of amides is 1. The Labute approximate surface area is 208 Å². The first kappa shape index (κ1) is 23.0. The summed E-state index contributed by atoms with van der Waals surface area (Å²) in [5, 5.41) is 20.1. The van der Waals surface area contributed by atoms with E-state index in [1.165, 1.54) is 23.1 Å². The maximum Gasteiger partial charge on any atom is 0.271 e. The minimum atomic E-state index is -0.376. The number of carbonyl (C=O) groups is 1. The van der Waals surface area contributed by atoms with E-state index in [9.17, 15) is 9.90 Å². The molecule has 166 valence electrons. The van der Waals surface area contributed by atoms with Crippen molar-refractivity contribution >= 4 is 61.8 Å². The van der Waals surface area contributed by atoms with Gasteiger partial charge in [-0.2, -0.15) is 5.10 Å². The highest BCUT2D eigenvalue weighted by Gasteiger charge is 2.09. The molecular formula is C24H18BrClN4O2S. The zero-order chi connectivity index (χ0) is 23.4. The Morgan fingerprint density at radius 1 is 1.15 bits per heavy atom. The normalized spacial score (nSPS) is 11.0. The van der Waals surface area contributed by atoms with Gasteiger partial charge in [0, 0.05) is 32.2 Å². The number of phenols is 1. The highest BCUT2D eigenvalue weighted by molar-refractivity contribution is 9.10. The van der Waals surface area contributed by atoms with Gasteiger partial charge in [0.15, 0.2) is 5.13 Å². The van der Waals surface area contributed by atoms with Crippen LogP contribution in [0.25, 0.3) is 11.3 Å². The van der Waals surface area contributed by atoms with E-state index in [1.54, 1.807) is 24.3 Å². The van der Waals surface area contributed by atoms with E-state index < -0.39 is 0 Å². The lowest BCUT2D eigenvalue weighted by atomic mass is 10.1. The largest absolute Gasteiger partial charge is 0.506 e. The molecule has 0 spiro atoms. The molecule has 0 aliphatic heterocycles. The number of benzene rings is 3. The zero-order valence-electron chi connectivity index (χ0n) is 17.3. The molecule has 0 bridgehead atoms. The van der Waals surface area contributed by atoms with Crippen LogP contribution in [-0.2, 0) is 0 Å². The van der Waals surface area contributed by atoms with Gasteiger partial charge in [0.25, 0.3) is 5.91 Å². The van der Waals surface area contributed by atoms with Crippen molar-refractivity contribution in [2.45, 2.75) is 6.92 Å². The van der Waals surface area contributed by atoms with Crippen molar-refractivity contribution in [3.63, 3.8) is 0 Å². The number of phenolic OH excluding ortho intramolecular Hbond substituents is 1. The summed E-state index contributed by atoms with van der Waals surface area (Å²) in [6, 6.07) is 18.4. The van der Waals surface area contributed by atoms with Crippen LogP contribution in [0.2, 0.25) is 5.02 Å². The molecule has 1 heterocycles. The first-order valence-corrected chi connectivity index (χ1v) is 11.8. The molecule has 4 aromatic rings. The number of carbonyl (C=O) groups excluding carboxylic acids is 1.